The van der Waals surface area contributed by atoms with Crippen molar-refractivity contribution in [3.8, 4) is 5.75 Å². The van der Waals surface area contributed by atoms with Gasteiger partial charge in [0.15, 0.2) is 0 Å². The zero-order valence-corrected chi connectivity index (χ0v) is 32.6. The Hall–Kier alpha value is -6.44. The first-order chi connectivity index (χ1) is 27.8. The van der Waals surface area contributed by atoms with Gasteiger partial charge in [-0.3, -0.25) is 39.0 Å². The zero-order chi connectivity index (χ0) is 40.5. The second-order valence-corrected chi connectivity index (χ2v) is 16.8. The molecule has 1 spiro atoms. The van der Waals surface area contributed by atoms with E-state index in [1.54, 1.807) is 36.3 Å². The summed E-state index contributed by atoms with van der Waals surface area (Å²) < 4.78 is 6.08. The first-order valence-corrected chi connectivity index (χ1v) is 19.6. The number of piperidine rings is 1. The molecule has 0 bridgehead atoms. The van der Waals surface area contributed by atoms with E-state index in [9.17, 15) is 28.8 Å². The molecule has 4 fully saturated rings. The molecule has 1 N–H and O–H groups in total. The van der Waals surface area contributed by atoms with Crippen molar-refractivity contribution in [2.75, 3.05) is 43.0 Å². The minimum Gasteiger partial charge on any atom is -0.487 e. The van der Waals surface area contributed by atoms with E-state index >= 15 is 0 Å². The molecule has 4 aliphatic heterocycles. The molecule has 1 aromatic heterocycles. The Morgan fingerprint density at radius 1 is 0.879 bits per heavy atom. The number of ketones is 1. The number of hydrogen-bond acceptors (Lipinski definition) is 11. The summed E-state index contributed by atoms with van der Waals surface area (Å²) in [6, 6.07) is 21.6. The molecule has 1 unspecified atom stereocenters. The van der Waals surface area contributed by atoms with Crippen molar-refractivity contribution in [3.63, 3.8) is 0 Å². The van der Waals surface area contributed by atoms with Crippen LogP contribution < -0.4 is 19.9 Å². The van der Waals surface area contributed by atoms with Crippen LogP contribution in [0.2, 0.25) is 0 Å². The van der Waals surface area contributed by atoms with Crippen LogP contribution in [-0.2, 0) is 26.4 Å². The third-order valence-electron chi connectivity index (χ3n) is 12.5. The molecular formula is C44H43N7O7. The molecular weight excluding hydrogens is 739 g/mol. The third-order valence-corrected chi connectivity index (χ3v) is 12.5. The van der Waals surface area contributed by atoms with E-state index in [2.05, 4.69) is 46.2 Å². The molecule has 1 aliphatic carbocycles. The van der Waals surface area contributed by atoms with E-state index in [0.29, 0.717) is 49.8 Å². The lowest BCUT2D eigenvalue weighted by Gasteiger charge is -2.54. The molecule has 14 heteroatoms. The van der Waals surface area contributed by atoms with Crippen LogP contribution in [0.5, 0.6) is 5.75 Å². The maximum absolute atomic E-state index is 13.6. The fraction of sp³-hybridized carbons (Fsp3) is 0.364. The first-order valence-electron chi connectivity index (χ1n) is 19.6. The molecule has 3 aromatic carbocycles. The van der Waals surface area contributed by atoms with Gasteiger partial charge >= 0.3 is 0 Å². The fourth-order valence-corrected chi connectivity index (χ4v) is 8.79. The lowest BCUT2D eigenvalue weighted by Crippen LogP contribution is -2.63. The average molecular weight is 782 g/mol. The van der Waals surface area contributed by atoms with Crippen LogP contribution >= 0.6 is 0 Å². The van der Waals surface area contributed by atoms with Crippen LogP contribution in [-0.4, -0.2) is 100 Å². The summed E-state index contributed by atoms with van der Waals surface area (Å²) in [5.41, 5.74) is 4.52. The van der Waals surface area contributed by atoms with Crippen LogP contribution in [0.1, 0.15) is 87.4 Å². The highest BCUT2D eigenvalue weighted by molar-refractivity contribution is 6.23. The van der Waals surface area contributed by atoms with E-state index in [1.807, 2.05) is 47.4 Å². The van der Waals surface area contributed by atoms with Gasteiger partial charge in [-0.1, -0.05) is 38.1 Å². The largest absolute Gasteiger partial charge is 0.487 e. The number of nitrogens with one attached hydrogen (secondary N) is 1. The topological polar surface area (TPSA) is 162 Å². The number of ether oxygens (including phenoxy) is 1. The number of hydrogen-bond donors (Lipinski definition) is 1. The number of likely N-dealkylation sites (N-methyl/N-ethyl adjacent to an activating group) is 1. The van der Waals surface area contributed by atoms with E-state index in [0.717, 1.165) is 46.2 Å². The van der Waals surface area contributed by atoms with Gasteiger partial charge in [-0.25, -0.2) is 9.97 Å². The van der Waals surface area contributed by atoms with Gasteiger partial charge in [0.25, 0.3) is 17.7 Å². The number of carbonyl (C=O) groups is 6. The average Bonchev–Trinajstić information content (AvgIpc) is 3.42. The van der Waals surface area contributed by atoms with E-state index in [1.165, 1.54) is 0 Å². The number of rotatable bonds is 10. The molecule has 14 nitrogen and oxygen atoms in total. The Bertz CT molecular complexity index is 2370. The van der Waals surface area contributed by atoms with Crippen molar-refractivity contribution >= 4 is 47.0 Å². The maximum atomic E-state index is 13.6. The van der Waals surface area contributed by atoms with Crippen LogP contribution in [0.4, 0.5) is 11.6 Å². The van der Waals surface area contributed by atoms with Crippen LogP contribution in [0.15, 0.2) is 79.0 Å². The molecule has 5 amide bonds. The Morgan fingerprint density at radius 3 is 2.22 bits per heavy atom. The monoisotopic (exact) mass is 781 g/mol. The predicted molar refractivity (Wildman–Crippen MR) is 211 cm³/mol. The van der Waals surface area contributed by atoms with Crippen molar-refractivity contribution in [1.82, 2.24) is 25.1 Å². The van der Waals surface area contributed by atoms with Crippen molar-refractivity contribution in [3.05, 3.63) is 113 Å². The first kappa shape index (κ1) is 37.2. The smallest absolute Gasteiger partial charge is 0.262 e. The van der Waals surface area contributed by atoms with Gasteiger partial charge in [0, 0.05) is 80.8 Å². The standard InChI is InChI=1S/C44H43N7O7/c1-43(2,28-8-11-33(12-9-28)58-23-29-16-17-45-42(46-29)50-24-44(25-50)19-32(52)20-44)27-6-4-26(5-7-27)39(55)48(3)31-21-49(22-31)30-10-13-34-35(18-30)41(57)51(40(34)56)36-14-15-37(53)47-38(36)54/h4-13,16-18,31,36H,14-15,19-25H2,1-3H3,(H,47,53,54). The highest BCUT2D eigenvalue weighted by Gasteiger charge is 2.53. The zero-order valence-electron chi connectivity index (χ0n) is 32.6. The van der Waals surface area contributed by atoms with Crippen LogP contribution in [0.3, 0.4) is 0 Å². The van der Waals surface area contributed by atoms with Crippen molar-refractivity contribution in [2.24, 2.45) is 5.41 Å². The quantitative estimate of drug-likeness (QED) is 0.232. The second-order valence-electron chi connectivity index (χ2n) is 16.8. The van der Waals surface area contributed by atoms with E-state index in [-0.39, 0.29) is 46.7 Å². The second kappa shape index (κ2) is 13.9. The molecule has 296 valence electrons. The fourth-order valence-electron chi connectivity index (χ4n) is 8.79. The van der Waals surface area contributed by atoms with Gasteiger partial charge in [0.1, 0.15) is 24.2 Å². The molecule has 0 radical (unpaired) electrons. The molecule has 5 heterocycles. The van der Waals surface area contributed by atoms with Crippen molar-refractivity contribution < 1.29 is 33.5 Å². The predicted octanol–water partition coefficient (Wildman–Crippen LogP) is 3.91. The molecule has 3 saturated heterocycles. The number of imide groups is 2. The van der Waals surface area contributed by atoms with Gasteiger partial charge in [-0.2, -0.15) is 0 Å². The van der Waals surface area contributed by atoms with E-state index < -0.39 is 29.7 Å². The summed E-state index contributed by atoms with van der Waals surface area (Å²) in [4.78, 5) is 91.4. The number of fused-ring (bicyclic) bond motifs is 1. The summed E-state index contributed by atoms with van der Waals surface area (Å²) in [7, 11) is 1.79. The molecule has 4 aromatic rings. The molecule has 9 rings (SSSR count). The Balaban J connectivity index is 0.776. The van der Waals surface area contributed by atoms with Crippen LogP contribution in [0.25, 0.3) is 0 Å². The van der Waals surface area contributed by atoms with Gasteiger partial charge in [0.05, 0.1) is 22.9 Å². The molecule has 5 aliphatic rings. The maximum Gasteiger partial charge on any atom is 0.262 e. The number of benzene rings is 3. The Kier molecular flexibility index (Phi) is 8.90. The number of anilines is 2. The Labute approximate surface area is 335 Å². The summed E-state index contributed by atoms with van der Waals surface area (Å²) >= 11 is 0. The highest BCUT2D eigenvalue weighted by atomic mass is 16.5. The summed E-state index contributed by atoms with van der Waals surface area (Å²) in [5.74, 6) is -0.503. The molecule has 1 atom stereocenters. The lowest BCUT2D eigenvalue weighted by atomic mass is 9.63. The Morgan fingerprint density at radius 2 is 1.55 bits per heavy atom. The van der Waals surface area contributed by atoms with Crippen molar-refractivity contribution in [2.45, 2.75) is 63.6 Å². The summed E-state index contributed by atoms with van der Waals surface area (Å²) in [5, 5.41) is 2.22. The van der Waals surface area contributed by atoms with Crippen LogP contribution in [0, 0.1) is 5.41 Å². The summed E-state index contributed by atoms with van der Waals surface area (Å²) in [6.45, 7) is 7.34. The minimum atomic E-state index is -1.02. The van der Waals surface area contributed by atoms with Crippen molar-refractivity contribution in [1.29, 1.82) is 0 Å². The number of carbonyl (C=O) groups excluding carboxylic acids is 6. The summed E-state index contributed by atoms with van der Waals surface area (Å²) in [6.07, 6.45) is 3.24. The van der Waals surface area contributed by atoms with Gasteiger partial charge in [0.2, 0.25) is 17.8 Å². The number of aromatic nitrogens is 2. The SMILES string of the molecule is CN(C(=O)c1ccc(C(C)(C)c2ccc(OCc3ccnc(N4CC5(CC(=O)C5)C4)n3)cc2)cc1)C1CN(c2ccc3c(c2)C(=O)N(C2CCC(=O)NC2=O)C3=O)C1. The highest BCUT2D eigenvalue weighted by Crippen LogP contribution is 2.46. The number of nitrogens with zero attached hydrogens (tertiary/aromatic N) is 6. The van der Waals surface area contributed by atoms with Gasteiger partial charge < -0.3 is 19.4 Å². The lowest BCUT2D eigenvalue weighted by molar-refractivity contribution is -0.136. The van der Waals surface area contributed by atoms with Gasteiger partial charge in [-0.15, -0.1) is 0 Å². The van der Waals surface area contributed by atoms with E-state index in [4.69, 9.17) is 4.74 Å². The van der Waals surface area contributed by atoms with Gasteiger partial charge in [-0.05, 0) is 66.1 Å². The minimum absolute atomic E-state index is 0.0561. The number of Topliss-reactive ketones (excluding diaryl/α,β-unsaturated/α-hetero) is 1. The third kappa shape index (κ3) is 6.45. The number of amides is 5. The molecule has 1 saturated carbocycles. The molecule has 58 heavy (non-hydrogen) atoms. The normalized spacial score (nSPS) is 20.0.